The minimum absolute atomic E-state index is 0.0482. The number of pyridine rings is 1. The smallest absolute Gasteiger partial charge is 0.237 e. The van der Waals surface area contributed by atoms with Gasteiger partial charge in [0.25, 0.3) is 0 Å². The summed E-state index contributed by atoms with van der Waals surface area (Å²) in [6.07, 6.45) is 1.69. The van der Waals surface area contributed by atoms with Crippen molar-refractivity contribution in [3.8, 4) is 5.75 Å². The topological polar surface area (TPSA) is 51.2 Å². The predicted octanol–water partition coefficient (Wildman–Crippen LogP) is 4.36. The van der Waals surface area contributed by atoms with Crippen LogP contribution >= 0.6 is 11.8 Å². The first-order valence-corrected chi connectivity index (χ1v) is 8.50. The Kier molecular flexibility index (Phi) is 5.01. The number of fused-ring (bicyclic) bond motifs is 1. The van der Waals surface area contributed by atoms with Crippen LogP contribution in [0.25, 0.3) is 10.9 Å². The minimum Gasteiger partial charge on any atom is -0.497 e. The molecule has 1 N–H and O–H groups in total. The molecule has 0 fully saturated rings. The maximum absolute atomic E-state index is 12.4. The van der Waals surface area contributed by atoms with Gasteiger partial charge in [-0.15, -0.1) is 11.8 Å². The number of aromatic nitrogens is 1. The number of carbonyl (C=O) groups is 1. The molecule has 4 nitrogen and oxygen atoms in total. The van der Waals surface area contributed by atoms with Crippen LogP contribution in [0.5, 0.6) is 5.75 Å². The monoisotopic (exact) mass is 338 g/mol. The van der Waals surface area contributed by atoms with Crippen LogP contribution in [0.3, 0.4) is 0 Å². The van der Waals surface area contributed by atoms with Gasteiger partial charge in [-0.2, -0.15) is 0 Å². The summed E-state index contributed by atoms with van der Waals surface area (Å²) in [5.74, 6) is 0.756. The van der Waals surface area contributed by atoms with Crippen LogP contribution in [0.4, 0.5) is 5.69 Å². The molecule has 3 aromatic rings. The average molecular weight is 338 g/mol. The number of thioether (sulfide) groups is 1. The summed E-state index contributed by atoms with van der Waals surface area (Å²) in [6.45, 7) is 1.89. The first kappa shape index (κ1) is 16.3. The molecular formula is C19H18N2O2S. The Hall–Kier alpha value is -2.53. The zero-order chi connectivity index (χ0) is 16.9. The number of carbonyl (C=O) groups excluding carboxylic acids is 1. The van der Waals surface area contributed by atoms with Gasteiger partial charge in [-0.05, 0) is 43.3 Å². The summed E-state index contributed by atoms with van der Waals surface area (Å²) in [6, 6.07) is 17.4. The lowest BCUT2D eigenvalue weighted by Crippen LogP contribution is -2.22. The molecule has 1 heterocycles. The first-order chi connectivity index (χ1) is 11.7. The van der Waals surface area contributed by atoms with E-state index in [1.165, 1.54) is 11.8 Å². The number of ether oxygens (including phenoxy) is 1. The number of methoxy groups -OCH3 is 1. The van der Waals surface area contributed by atoms with Crippen LogP contribution in [0.1, 0.15) is 6.92 Å². The number of nitrogens with one attached hydrogen (secondary N) is 1. The molecule has 0 aliphatic carbocycles. The number of hydrogen-bond acceptors (Lipinski definition) is 4. The van der Waals surface area contributed by atoms with Crippen LogP contribution in [0, 0.1) is 0 Å². The Labute approximate surface area is 145 Å². The van der Waals surface area contributed by atoms with Gasteiger partial charge in [0.05, 0.1) is 29.8 Å². The highest BCUT2D eigenvalue weighted by atomic mass is 32.2. The second-order valence-electron chi connectivity index (χ2n) is 5.34. The molecule has 0 aliphatic rings. The number of benzene rings is 2. The fourth-order valence-electron chi connectivity index (χ4n) is 2.30. The van der Waals surface area contributed by atoms with E-state index in [1.807, 2.05) is 61.5 Å². The SMILES string of the molecule is COc1ccc(SC(C)C(=O)Nc2cnc3ccccc3c2)cc1. The second kappa shape index (κ2) is 7.36. The van der Waals surface area contributed by atoms with Crippen molar-refractivity contribution in [3.05, 3.63) is 60.8 Å². The summed E-state index contributed by atoms with van der Waals surface area (Å²) >= 11 is 1.51. The molecule has 0 radical (unpaired) electrons. The molecule has 0 bridgehead atoms. The predicted molar refractivity (Wildman–Crippen MR) is 98.7 cm³/mol. The van der Waals surface area contributed by atoms with Crippen molar-refractivity contribution >= 4 is 34.3 Å². The van der Waals surface area contributed by atoms with E-state index >= 15 is 0 Å². The van der Waals surface area contributed by atoms with Crippen molar-refractivity contribution in [2.75, 3.05) is 12.4 Å². The van der Waals surface area contributed by atoms with Crippen LogP contribution in [0.2, 0.25) is 0 Å². The molecule has 122 valence electrons. The second-order valence-corrected chi connectivity index (χ2v) is 6.76. The van der Waals surface area contributed by atoms with E-state index < -0.39 is 0 Å². The van der Waals surface area contributed by atoms with Crippen molar-refractivity contribution in [3.63, 3.8) is 0 Å². The van der Waals surface area contributed by atoms with Crippen LogP contribution in [0.15, 0.2) is 65.7 Å². The fourth-order valence-corrected chi connectivity index (χ4v) is 3.16. The van der Waals surface area contributed by atoms with Crippen LogP contribution in [-0.4, -0.2) is 23.3 Å². The van der Waals surface area contributed by atoms with Crippen LogP contribution < -0.4 is 10.1 Å². The molecule has 1 atom stereocenters. The average Bonchev–Trinajstić information content (AvgIpc) is 2.62. The van der Waals surface area contributed by atoms with Gasteiger partial charge in [0.15, 0.2) is 0 Å². The lowest BCUT2D eigenvalue weighted by atomic mass is 10.2. The molecule has 0 aliphatic heterocycles. The van der Waals surface area contributed by atoms with E-state index in [0.29, 0.717) is 5.69 Å². The summed E-state index contributed by atoms with van der Waals surface area (Å²) in [5, 5.41) is 3.72. The maximum Gasteiger partial charge on any atom is 0.237 e. The summed E-state index contributed by atoms with van der Waals surface area (Å²) in [4.78, 5) is 17.8. The molecule has 5 heteroatoms. The highest BCUT2D eigenvalue weighted by molar-refractivity contribution is 8.00. The Morgan fingerprint density at radius 2 is 1.92 bits per heavy atom. The molecule has 0 saturated heterocycles. The van der Waals surface area contributed by atoms with Crippen molar-refractivity contribution in [1.29, 1.82) is 0 Å². The number of para-hydroxylation sites is 1. The highest BCUT2D eigenvalue weighted by Gasteiger charge is 2.15. The van der Waals surface area contributed by atoms with E-state index in [4.69, 9.17) is 4.74 Å². The van der Waals surface area contributed by atoms with Crippen molar-refractivity contribution < 1.29 is 9.53 Å². The quantitative estimate of drug-likeness (QED) is 0.702. The molecular weight excluding hydrogens is 320 g/mol. The van der Waals surface area contributed by atoms with Gasteiger partial charge in [-0.3, -0.25) is 9.78 Å². The number of amides is 1. The Balaban J connectivity index is 1.66. The lowest BCUT2D eigenvalue weighted by Gasteiger charge is -2.12. The molecule has 1 unspecified atom stereocenters. The third-order valence-corrected chi connectivity index (χ3v) is 4.71. The number of hydrogen-bond donors (Lipinski definition) is 1. The first-order valence-electron chi connectivity index (χ1n) is 7.62. The van der Waals surface area contributed by atoms with Gasteiger partial charge in [0.1, 0.15) is 5.75 Å². The minimum atomic E-state index is -0.218. The van der Waals surface area contributed by atoms with E-state index in [-0.39, 0.29) is 11.2 Å². The number of rotatable bonds is 5. The van der Waals surface area contributed by atoms with E-state index in [0.717, 1.165) is 21.5 Å². The van der Waals surface area contributed by atoms with Crippen molar-refractivity contribution in [2.45, 2.75) is 17.1 Å². The molecule has 24 heavy (non-hydrogen) atoms. The van der Waals surface area contributed by atoms with Gasteiger partial charge >= 0.3 is 0 Å². The van der Waals surface area contributed by atoms with Gasteiger partial charge in [-0.1, -0.05) is 18.2 Å². The lowest BCUT2D eigenvalue weighted by molar-refractivity contribution is -0.115. The van der Waals surface area contributed by atoms with Crippen LogP contribution in [-0.2, 0) is 4.79 Å². The summed E-state index contributed by atoms with van der Waals surface area (Å²) < 4.78 is 5.14. The normalized spacial score (nSPS) is 11.9. The number of anilines is 1. The van der Waals surface area contributed by atoms with Gasteiger partial charge in [-0.25, -0.2) is 0 Å². The molecule has 1 aromatic heterocycles. The zero-order valence-corrected chi connectivity index (χ0v) is 14.3. The molecule has 0 spiro atoms. The molecule has 2 aromatic carbocycles. The third-order valence-electron chi connectivity index (χ3n) is 3.60. The summed E-state index contributed by atoms with van der Waals surface area (Å²) in [5.41, 5.74) is 1.62. The number of nitrogens with zero attached hydrogens (tertiary/aromatic N) is 1. The molecule has 0 saturated carbocycles. The Bertz CT molecular complexity index is 849. The van der Waals surface area contributed by atoms with Gasteiger partial charge in [0.2, 0.25) is 5.91 Å². The maximum atomic E-state index is 12.4. The van der Waals surface area contributed by atoms with Crippen molar-refractivity contribution in [2.24, 2.45) is 0 Å². The largest absolute Gasteiger partial charge is 0.497 e. The Morgan fingerprint density at radius 1 is 1.17 bits per heavy atom. The van der Waals surface area contributed by atoms with E-state index in [2.05, 4.69) is 10.3 Å². The van der Waals surface area contributed by atoms with Crippen molar-refractivity contribution in [1.82, 2.24) is 4.98 Å². The summed E-state index contributed by atoms with van der Waals surface area (Å²) in [7, 11) is 1.63. The fraction of sp³-hybridized carbons (Fsp3) is 0.158. The Morgan fingerprint density at radius 3 is 2.67 bits per heavy atom. The third kappa shape index (κ3) is 3.86. The molecule has 3 rings (SSSR count). The van der Waals surface area contributed by atoms with E-state index in [9.17, 15) is 4.79 Å². The highest BCUT2D eigenvalue weighted by Crippen LogP contribution is 2.26. The standard InChI is InChI=1S/C19H18N2O2S/c1-13(24-17-9-7-16(23-2)8-10-17)19(22)21-15-11-14-5-3-4-6-18(14)20-12-15/h3-13H,1-2H3,(H,21,22). The van der Waals surface area contributed by atoms with E-state index in [1.54, 1.807) is 13.3 Å². The van der Waals surface area contributed by atoms with Gasteiger partial charge in [0, 0.05) is 10.3 Å². The van der Waals surface area contributed by atoms with Gasteiger partial charge < -0.3 is 10.1 Å². The zero-order valence-electron chi connectivity index (χ0n) is 13.5. The molecule has 1 amide bonds.